The van der Waals surface area contributed by atoms with E-state index < -0.39 is 0 Å². The highest BCUT2D eigenvalue weighted by Crippen LogP contribution is 2.19. The lowest BCUT2D eigenvalue weighted by Gasteiger charge is -2.24. The van der Waals surface area contributed by atoms with Crippen LogP contribution >= 0.6 is 0 Å². The average molecular weight is 288 g/mol. The van der Waals surface area contributed by atoms with Gasteiger partial charge in [-0.1, -0.05) is 12.1 Å². The molecule has 1 aliphatic rings. The second-order valence-electron chi connectivity index (χ2n) is 5.33. The molecule has 0 spiro atoms. The number of hydrogen-bond acceptors (Lipinski definition) is 4. The third-order valence-electron chi connectivity index (χ3n) is 3.81. The summed E-state index contributed by atoms with van der Waals surface area (Å²) in [7, 11) is 1.97. The van der Waals surface area contributed by atoms with Gasteiger partial charge in [-0.3, -0.25) is 4.79 Å². The Labute approximate surface area is 123 Å². The summed E-state index contributed by atoms with van der Waals surface area (Å²) in [6.45, 7) is 3.73. The summed E-state index contributed by atoms with van der Waals surface area (Å²) in [6.07, 6.45) is 0. The molecule has 2 atom stereocenters. The number of benzene rings is 1. The lowest BCUT2D eigenvalue weighted by atomic mass is 10.2. The number of imidazole rings is 1. The number of aryl methyl sites for hydroxylation is 1. The van der Waals surface area contributed by atoms with Crippen LogP contribution in [-0.2, 0) is 16.6 Å². The fraction of sp³-hybridized carbons (Fsp3) is 0.467. The van der Waals surface area contributed by atoms with Gasteiger partial charge < -0.3 is 19.9 Å². The normalized spacial score (nSPS) is 20.4. The number of carbonyl (C=O) groups is 1. The van der Waals surface area contributed by atoms with Crippen molar-refractivity contribution in [3.05, 3.63) is 30.1 Å². The highest BCUT2D eigenvalue weighted by Gasteiger charge is 2.24. The number of fused-ring (bicyclic) bond motifs is 1. The third-order valence-corrected chi connectivity index (χ3v) is 3.81. The standard InChI is InChI=1S/C15H20N4O2/c1-10(17-15(20)12-9-21-8-7-16-12)14-18-11-5-3-4-6-13(11)19(14)2/h3-6,10,12,16H,7-9H2,1-2H3,(H,17,20). The molecule has 1 aliphatic heterocycles. The van der Waals surface area contributed by atoms with Crippen molar-refractivity contribution in [3.8, 4) is 0 Å². The summed E-state index contributed by atoms with van der Waals surface area (Å²) in [5, 5.41) is 6.16. The zero-order valence-electron chi connectivity index (χ0n) is 12.3. The van der Waals surface area contributed by atoms with Crippen LogP contribution in [0.25, 0.3) is 11.0 Å². The molecule has 0 bridgehead atoms. The smallest absolute Gasteiger partial charge is 0.240 e. The molecule has 1 amide bonds. The highest BCUT2D eigenvalue weighted by atomic mass is 16.5. The summed E-state index contributed by atoms with van der Waals surface area (Å²) in [6, 6.07) is 7.52. The summed E-state index contributed by atoms with van der Waals surface area (Å²) < 4.78 is 7.34. The van der Waals surface area contributed by atoms with E-state index in [1.807, 2.05) is 42.8 Å². The summed E-state index contributed by atoms with van der Waals surface area (Å²) in [5.74, 6) is 0.801. The van der Waals surface area contributed by atoms with E-state index in [0.29, 0.717) is 19.8 Å². The molecule has 1 aromatic heterocycles. The Balaban J connectivity index is 1.75. The molecule has 0 saturated carbocycles. The molecule has 1 fully saturated rings. The Bertz CT molecular complexity index is 646. The van der Waals surface area contributed by atoms with Crippen molar-refractivity contribution >= 4 is 16.9 Å². The van der Waals surface area contributed by atoms with Gasteiger partial charge in [-0.2, -0.15) is 0 Å². The Morgan fingerprint density at radius 1 is 1.52 bits per heavy atom. The van der Waals surface area contributed by atoms with Gasteiger partial charge >= 0.3 is 0 Å². The van der Waals surface area contributed by atoms with Crippen LogP contribution in [0.3, 0.4) is 0 Å². The van der Waals surface area contributed by atoms with Crippen LogP contribution in [0.1, 0.15) is 18.8 Å². The van der Waals surface area contributed by atoms with Crippen LogP contribution in [0.4, 0.5) is 0 Å². The number of nitrogens with one attached hydrogen (secondary N) is 2. The fourth-order valence-electron chi connectivity index (χ4n) is 2.66. The van der Waals surface area contributed by atoms with Crippen molar-refractivity contribution < 1.29 is 9.53 Å². The van der Waals surface area contributed by atoms with Crippen molar-refractivity contribution in [2.75, 3.05) is 19.8 Å². The molecule has 1 aromatic carbocycles. The van der Waals surface area contributed by atoms with Gasteiger partial charge in [0.05, 0.1) is 30.3 Å². The predicted molar refractivity (Wildman–Crippen MR) is 79.9 cm³/mol. The molecule has 0 radical (unpaired) electrons. The van der Waals surface area contributed by atoms with Crippen molar-refractivity contribution in [1.29, 1.82) is 0 Å². The van der Waals surface area contributed by atoms with Gasteiger partial charge in [0.25, 0.3) is 0 Å². The van der Waals surface area contributed by atoms with E-state index in [0.717, 1.165) is 16.9 Å². The van der Waals surface area contributed by atoms with E-state index in [4.69, 9.17) is 4.74 Å². The second-order valence-corrected chi connectivity index (χ2v) is 5.33. The van der Waals surface area contributed by atoms with Crippen LogP contribution in [-0.4, -0.2) is 41.3 Å². The van der Waals surface area contributed by atoms with E-state index in [2.05, 4.69) is 15.6 Å². The monoisotopic (exact) mass is 288 g/mol. The van der Waals surface area contributed by atoms with Gasteiger partial charge in [0.15, 0.2) is 0 Å². The van der Waals surface area contributed by atoms with Crippen LogP contribution in [0, 0.1) is 0 Å². The van der Waals surface area contributed by atoms with Crippen molar-refractivity contribution in [3.63, 3.8) is 0 Å². The minimum absolute atomic E-state index is 0.0470. The van der Waals surface area contributed by atoms with Gasteiger partial charge in [-0.15, -0.1) is 0 Å². The summed E-state index contributed by atoms with van der Waals surface area (Å²) in [4.78, 5) is 16.8. The number of ether oxygens (including phenoxy) is 1. The van der Waals surface area contributed by atoms with Gasteiger partial charge in [0, 0.05) is 13.6 Å². The molecule has 6 nitrogen and oxygen atoms in total. The molecular formula is C15H20N4O2. The largest absolute Gasteiger partial charge is 0.378 e. The quantitative estimate of drug-likeness (QED) is 0.874. The minimum atomic E-state index is -0.282. The predicted octanol–water partition coefficient (Wildman–Crippen LogP) is 0.739. The highest BCUT2D eigenvalue weighted by molar-refractivity contribution is 5.82. The van der Waals surface area contributed by atoms with Gasteiger partial charge in [0.2, 0.25) is 5.91 Å². The Morgan fingerprint density at radius 2 is 2.33 bits per heavy atom. The molecule has 0 aliphatic carbocycles. The second kappa shape index (κ2) is 5.83. The first-order chi connectivity index (χ1) is 10.2. The number of para-hydroxylation sites is 2. The lowest BCUT2D eigenvalue weighted by molar-refractivity contribution is -0.126. The lowest BCUT2D eigenvalue weighted by Crippen LogP contribution is -2.51. The number of nitrogens with zero attached hydrogens (tertiary/aromatic N) is 2. The van der Waals surface area contributed by atoms with Crippen LogP contribution in [0.5, 0.6) is 0 Å². The zero-order chi connectivity index (χ0) is 14.8. The van der Waals surface area contributed by atoms with E-state index in [1.54, 1.807) is 0 Å². The van der Waals surface area contributed by atoms with Gasteiger partial charge in [-0.05, 0) is 19.1 Å². The van der Waals surface area contributed by atoms with E-state index in [-0.39, 0.29) is 18.0 Å². The van der Waals surface area contributed by atoms with Crippen molar-refractivity contribution in [2.45, 2.75) is 19.0 Å². The Hall–Kier alpha value is -1.92. The number of carbonyl (C=O) groups excluding carboxylic acids is 1. The van der Waals surface area contributed by atoms with E-state index in [1.165, 1.54) is 0 Å². The van der Waals surface area contributed by atoms with Crippen LogP contribution in [0.15, 0.2) is 24.3 Å². The average Bonchev–Trinajstić information content (AvgIpc) is 2.86. The molecule has 112 valence electrons. The molecule has 2 aromatic rings. The summed E-state index contributed by atoms with van der Waals surface area (Å²) >= 11 is 0. The maximum absolute atomic E-state index is 12.2. The fourth-order valence-corrected chi connectivity index (χ4v) is 2.66. The maximum Gasteiger partial charge on any atom is 0.240 e. The van der Waals surface area contributed by atoms with Gasteiger partial charge in [-0.25, -0.2) is 4.98 Å². The Morgan fingerprint density at radius 3 is 3.05 bits per heavy atom. The minimum Gasteiger partial charge on any atom is -0.378 e. The molecule has 2 N–H and O–H groups in total. The first-order valence-electron chi connectivity index (χ1n) is 7.19. The number of rotatable bonds is 3. The summed E-state index contributed by atoms with van der Waals surface area (Å²) in [5.41, 5.74) is 2.00. The van der Waals surface area contributed by atoms with Crippen LogP contribution < -0.4 is 10.6 Å². The number of hydrogen-bond donors (Lipinski definition) is 2. The zero-order valence-corrected chi connectivity index (χ0v) is 12.3. The number of aromatic nitrogens is 2. The van der Waals surface area contributed by atoms with E-state index >= 15 is 0 Å². The van der Waals surface area contributed by atoms with Crippen LogP contribution in [0.2, 0.25) is 0 Å². The maximum atomic E-state index is 12.2. The topological polar surface area (TPSA) is 68.2 Å². The van der Waals surface area contributed by atoms with Crippen molar-refractivity contribution in [2.24, 2.45) is 7.05 Å². The SMILES string of the molecule is CC(NC(=O)C1COCCN1)c1nc2ccccc2n1C. The molecule has 2 heterocycles. The molecule has 6 heteroatoms. The Kier molecular flexibility index (Phi) is 3.90. The van der Waals surface area contributed by atoms with Gasteiger partial charge in [0.1, 0.15) is 11.9 Å². The first kappa shape index (κ1) is 14.0. The first-order valence-corrected chi connectivity index (χ1v) is 7.19. The molecule has 2 unspecified atom stereocenters. The molecule has 3 rings (SSSR count). The third kappa shape index (κ3) is 2.77. The molecular weight excluding hydrogens is 268 g/mol. The molecule has 21 heavy (non-hydrogen) atoms. The number of morpholine rings is 1. The van der Waals surface area contributed by atoms with Crippen molar-refractivity contribution in [1.82, 2.24) is 20.2 Å². The molecule has 1 saturated heterocycles. The van der Waals surface area contributed by atoms with E-state index in [9.17, 15) is 4.79 Å². The number of amides is 1.